The molecule has 0 fully saturated rings. The van der Waals surface area contributed by atoms with Gasteiger partial charge in [0.2, 0.25) is 0 Å². The molecular weight excluding hydrogens is 413 g/mol. The summed E-state index contributed by atoms with van der Waals surface area (Å²) in [4.78, 5) is 37.2. The molecule has 166 valence electrons. The summed E-state index contributed by atoms with van der Waals surface area (Å²) in [5.41, 5.74) is 1.20. The van der Waals surface area contributed by atoms with Gasteiger partial charge >= 0.3 is 12.1 Å². The van der Waals surface area contributed by atoms with Crippen molar-refractivity contribution in [2.24, 2.45) is 0 Å². The molecule has 2 aromatic rings. The highest BCUT2D eigenvalue weighted by Gasteiger charge is 2.30. The predicted molar refractivity (Wildman–Crippen MR) is 107 cm³/mol. The van der Waals surface area contributed by atoms with E-state index in [1.807, 2.05) is 31.2 Å². The van der Waals surface area contributed by atoms with Gasteiger partial charge < -0.3 is 15.0 Å². The minimum atomic E-state index is -4.50. The molecule has 2 aromatic carbocycles. The zero-order valence-electron chi connectivity index (χ0n) is 17.2. The lowest BCUT2D eigenvalue weighted by molar-refractivity contribution is -0.150. The van der Waals surface area contributed by atoms with Crippen LogP contribution in [0, 0.1) is 0 Å². The Morgan fingerprint density at radius 3 is 2.10 bits per heavy atom. The molecular formula is C22H23F3N2O4. The minimum Gasteiger partial charge on any atom is -0.454 e. The summed E-state index contributed by atoms with van der Waals surface area (Å²) in [7, 11) is 1.58. The van der Waals surface area contributed by atoms with Gasteiger partial charge in [0.05, 0.1) is 5.56 Å². The number of carbonyl (C=O) groups excluding carboxylic acids is 3. The maximum Gasteiger partial charge on any atom is 0.416 e. The summed E-state index contributed by atoms with van der Waals surface area (Å²) in [6.07, 6.45) is -3.59. The van der Waals surface area contributed by atoms with Crippen molar-refractivity contribution in [2.75, 3.05) is 20.2 Å². The van der Waals surface area contributed by atoms with E-state index in [2.05, 4.69) is 5.32 Å². The Balaban J connectivity index is 1.75. The fourth-order valence-electron chi connectivity index (χ4n) is 2.61. The van der Waals surface area contributed by atoms with Crippen molar-refractivity contribution in [1.29, 1.82) is 0 Å². The fraction of sp³-hybridized carbons (Fsp3) is 0.318. The fourth-order valence-corrected chi connectivity index (χ4v) is 2.61. The van der Waals surface area contributed by atoms with Crippen molar-refractivity contribution in [1.82, 2.24) is 10.2 Å². The molecule has 0 saturated carbocycles. The lowest BCUT2D eigenvalue weighted by Gasteiger charge is -2.17. The monoisotopic (exact) mass is 436 g/mol. The van der Waals surface area contributed by atoms with Gasteiger partial charge in [0.25, 0.3) is 11.8 Å². The molecule has 0 heterocycles. The normalized spacial score (nSPS) is 11.0. The SMILES string of the molecule is CCc1ccc(CN(C)C(=O)COC(=O)CNC(=O)c2ccc(C(F)(F)F)cc2)cc1. The lowest BCUT2D eigenvalue weighted by Crippen LogP contribution is -2.34. The van der Waals surface area contributed by atoms with Gasteiger partial charge in [-0.2, -0.15) is 13.2 Å². The number of nitrogens with one attached hydrogen (secondary N) is 1. The zero-order valence-corrected chi connectivity index (χ0v) is 17.2. The molecule has 0 bridgehead atoms. The van der Waals surface area contributed by atoms with Gasteiger partial charge in [0, 0.05) is 19.2 Å². The number of ether oxygens (including phenoxy) is 1. The molecule has 9 heteroatoms. The van der Waals surface area contributed by atoms with Crippen LogP contribution in [-0.4, -0.2) is 42.9 Å². The highest BCUT2D eigenvalue weighted by atomic mass is 19.4. The van der Waals surface area contributed by atoms with E-state index in [9.17, 15) is 27.6 Å². The van der Waals surface area contributed by atoms with Gasteiger partial charge in [-0.15, -0.1) is 0 Å². The van der Waals surface area contributed by atoms with E-state index in [0.29, 0.717) is 6.54 Å². The number of hydrogen-bond donors (Lipinski definition) is 1. The van der Waals surface area contributed by atoms with Gasteiger partial charge in [-0.1, -0.05) is 31.2 Å². The second-order valence-electron chi connectivity index (χ2n) is 6.84. The first-order valence-corrected chi connectivity index (χ1v) is 9.53. The van der Waals surface area contributed by atoms with E-state index in [1.54, 1.807) is 7.05 Å². The standard InChI is InChI=1S/C22H23F3N2O4/c1-3-15-4-6-16(7-5-15)13-27(2)19(28)14-31-20(29)12-26-21(30)17-8-10-18(11-9-17)22(23,24)25/h4-11H,3,12-14H2,1-2H3,(H,26,30). The van der Waals surface area contributed by atoms with Crippen LogP contribution in [0.4, 0.5) is 13.2 Å². The first-order valence-electron chi connectivity index (χ1n) is 9.53. The molecule has 2 amide bonds. The summed E-state index contributed by atoms with van der Waals surface area (Å²) in [5.74, 6) is -1.99. The number of benzene rings is 2. The third-order valence-electron chi connectivity index (χ3n) is 4.50. The molecule has 0 aromatic heterocycles. The molecule has 0 unspecified atom stereocenters. The average molecular weight is 436 g/mol. The van der Waals surface area contributed by atoms with E-state index in [1.165, 1.54) is 10.5 Å². The molecule has 6 nitrogen and oxygen atoms in total. The molecule has 0 atom stereocenters. The van der Waals surface area contributed by atoms with Gasteiger partial charge in [0.1, 0.15) is 6.54 Å². The van der Waals surface area contributed by atoms with Crippen molar-refractivity contribution >= 4 is 17.8 Å². The third-order valence-corrected chi connectivity index (χ3v) is 4.50. The van der Waals surface area contributed by atoms with Crippen molar-refractivity contribution < 1.29 is 32.3 Å². The number of alkyl halides is 3. The summed E-state index contributed by atoms with van der Waals surface area (Å²) < 4.78 is 42.5. The number of amides is 2. The highest BCUT2D eigenvalue weighted by Crippen LogP contribution is 2.29. The maximum atomic E-state index is 12.5. The number of halogens is 3. The number of rotatable bonds is 8. The molecule has 0 saturated heterocycles. The van der Waals surface area contributed by atoms with Crippen LogP contribution < -0.4 is 5.32 Å². The first kappa shape index (κ1) is 23.9. The Morgan fingerprint density at radius 1 is 0.968 bits per heavy atom. The molecule has 0 aliphatic carbocycles. The second-order valence-corrected chi connectivity index (χ2v) is 6.84. The Labute approximate surface area is 178 Å². The topological polar surface area (TPSA) is 75.7 Å². The molecule has 31 heavy (non-hydrogen) atoms. The summed E-state index contributed by atoms with van der Waals surface area (Å²) in [5, 5.41) is 2.24. The Hall–Kier alpha value is -3.36. The smallest absolute Gasteiger partial charge is 0.416 e. The van der Waals surface area contributed by atoms with Crippen LogP contribution in [0.2, 0.25) is 0 Å². The van der Waals surface area contributed by atoms with Crippen molar-refractivity contribution in [3.8, 4) is 0 Å². The van der Waals surface area contributed by atoms with E-state index in [-0.39, 0.29) is 5.56 Å². The van der Waals surface area contributed by atoms with Crippen LogP contribution in [-0.2, 0) is 33.5 Å². The molecule has 0 radical (unpaired) electrons. The van der Waals surface area contributed by atoms with Crippen LogP contribution in [0.25, 0.3) is 0 Å². The maximum absolute atomic E-state index is 12.5. The van der Waals surface area contributed by atoms with Gasteiger partial charge in [-0.3, -0.25) is 14.4 Å². The second kappa shape index (κ2) is 10.6. The number of likely N-dealkylation sites (N-methyl/N-ethyl adjacent to an activating group) is 1. The number of nitrogens with zero attached hydrogens (tertiary/aromatic N) is 1. The Morgan fingerprint density at radius 2 is 1.55 bits per heavy atom. The molecule has 0 aliphatic heterocycles. The number of aryl methyl sites for hydroxylation is 1. The van der Waals surface area contributed by atoms with Crippen LogP contribution >= 0.6 is 0 Å². The zero-order chi connectivity index (χ0) is 23.0. The van der Waals surface area contributed by atoms with Crippen molar-refractivity contribution in [2.45, 2.75) is 26.1 Å². The van der Waals surface area contributed by atoms with E-state index >= 15 is 0 Å². The first-order chi connectivity index (χ1) is 14.6. The Bertz CT molecular complexity index is 910. The van der Waals surface area contributed by atoms with Gasteiger partial charge in [-0.05, 0) is 41.8 Å². The quantitative estimate of drug-likeness (QED) is 0.645. The summed E-state index contributed by atoms with van der Waals surface area (Å²) in [6, 6.07) is 11.4. The number of hydrogen-bond acceptors (Lipinski definition) is 4. The van der Waals surface area contributed by atoms with Crippen molar-refractivity contribution in [3.05, 3.63) is 70.8 Å². The molecule has 1 N–H and O–H groups in total. The van der Waals surface area contributed by atoms with Crippen LogP contribution in [0.15, 0.2) is 48.5 Å². The van der Waals surface area contributed by atoms with Gasteiger partial charge in [0.15, 0.2) is 6.61 Å². The number of esters is 1. The highest BCUT2D eigenvalue weighted by molar-refractivity contribution is 5.96. The van der Waals surface area contributed by atoms with Crippen LogP contribution in [0.3, 0.4) is 0 Å². The lowest BCUT2D eigenvalue weighted by atomic mass is 10.1. The van der Waals surface area contributed by atoms with E-state index < -0.39 is 42.7 Å². The number of carbonyl (C=O) groups is 3. The summed E-state index contributed by atoms with van der Waals surface area (Å²) >= 11 is 0. The average Bonchev–Trinajstić information content (AvgIpc) is 2.75. The third kappa shape index (κ3) is 7.44. The van der Waals surface area contributed by atoms with E-state index in [0.717, 1.165) is 36.2 Å². The molecule has 0 spiro atoms. The largest absolute Gasteiger partial charge is 0.454 e. The molecule has 0 aliphatic rings. The van der Waals surface area contributed by atoms with Crippen molar-refractivity contribution in [3.63, 3.8) is 0 Å². The summed E-state index contributed by atoms with van der Waals surface area (Å²) in [6.45, 7) is 1.39. The van der Waals surface area contributed by atoms with Gasteiger partial charge in [-0.25, -0.2) is 0 Å². The van der Waals surface area contributed by atoms with Crippen LogP contribution in [0.1, 0.15) is 34.0 Å². The Kier molecular flexibility index (Phi) is 8.18. The molecule has 2 rings (SSSR count). The predicted octanol–water partition coefficient (Wildman–Crippen LogP) is 3.20. The van der Waals surface area contributed by atoms with E-state index in [4.69, 9.17) is 4.74 Å². The van der Waals surface area contributed by atoms with Crippen LogP contribution in [0.5, 0.6) is 0 Å². The minimum absolute atomic E-state index is 0.0364.